The van der Waals surface area contributed by atoms with Crippen LogP contribution in [0.3, 0.4) is 0 Å². The molecule has 2 aromatic carbocycles. The molecular weight excluding hydrogens is 362 g/mol. The standard InChI is InChI=1S/C23H25N5O/c1-2-3-13-29-18-11-9-16(10-12-18)14-19(17-7-5-4-6-8-17)20-15-21(24)25-23-22(20)26-28-27-23/h4-12,15,19H,2-3,13-14H2,1H3,(H3,24,25,26,27,28). The summed E-state index contributed by atoms with van der Waals surface area (Å²) in [5.74, 6) is 1.45. The summed E-state index contributed by atoms with van der Waals surface area (Å²) in [7, 11) is 0. The average molecular weight is 387 g/mol. The predicted octanol–water partition coefficient (Wildman–Crippen LogP) is 4.49. The number of nitrogen functional groups attached to an aromatic ring is 1. The molecule has 29 heavy (non-hydrogen) atoms. The molecule has 0 amide bonds. The number of hydrogen-bond donors (Lipinski definition) is 2. The van der Waals surface area contributed by atoms with Crippen LogP contribution in [0.4, 0.5) is 5.82 Å². The second-order valence-corrected chi connectivity index (χ2v) is 7.16. The first-order valence-electron chi connectivity index (χ1n) is 9.98. The first kappa shape index (κ1) is 18.9. The Morgan fingerprint density at radius 1 is 1.07 bits per heavy atom. The summed E-state index contributed by atoms with van der Waals surface area (Å²) in [5.41, 5.74) is 10.9. The summed E-state index contributed by atoms with van der Waals surface area (Å²) in [5, 5.41) is 11.0. The van der Waals surface area contributed by atoms with Gasteiger partial charge in [-0.3, -0.25) is 0 Å². The van der Waals surface area contributed by atoms with Gasteiger partial charge in [-0.1, -0.05) is 61.0 Å². The number of fused-ring (bicyclic) bond motifs is 1. The Hall–Kier alpha value is -3.41. The number of H-pyrrole nitrogens is 1. The fraction of sp³-hybridized carbons (Fsp3) is 0.261. The molecule has 0 spiro atoms. The van der Waals surface area contributed by atoms with Crippen LogP contribution < -0.4 is 10.5 Å². The smallest absolute Gasteiger partial charge is 0.178 e. The van der Waals surface area contributed by atoms with E-state index in [1.165, 1.54) is 11.1 Å². The lowest BCUT2D eigenvalue weighted by atomic mass is 9.85. The summed E-state index contributed by atoms with van der Waals surface area (Å²) in [6.45, 7) is 2.91. The van der Waals surface area contributed by atoms with E-state index in [9.17, 15) is 0 Å². The molecule has 0 aliphatic heterocycles. The summed E-state index contributed by atoms with van der Waals surface area (Å²) in [4.78, 5) is 4.31. The maximum Gasteiger partial charge on any atom is 0.178 e. The molecule has 0 bridgehead atoms. The third-order valence-corrected chi connectivity index (χ3v) is 5.06. The van der Waals surface area contributed by atoms with Gasteiger partial charge in [0.05, 0.1) is 6.61 Å². The van der Waals surface area contributed by atoms with Crippen LogP contribution >= 0.6 is 0 Å². The van der Waals surface area contributed by atoms with Crippen molar-refractivity contribution in [3.8, 4) is 5.75 Å². The maximum absolute atomic E-state index is 6.07. The van der Waals surface area contributed by atoms with E-state index in [4.69, 9.17) is 10.5 Å². The molecule has 2 heterocycles. The first-order chi connectivity index (χ1) is 14.2. The van der Waals surface area contributed by atoms with Crippen molar-refractivity contribution in [2.75, 3.05) is 12.3 Å². The molecule has 0 saturated carbocycles. The molecule has 6 heteroatoms. The van der Waals surface area contributed by atoms with Gasteiger partial charge in [-0.15, -0.1) is 5.10 Å². The number of ether oxygens (including phenoxy) is 1. The Morgan fingerprint density at radius 3 is 2.62 bits per heavy atom. The predicted molar refractivity (Wildman–Crippen MR) is 115 cm³/mol. The summed E-state index contributed by atoms with van der Waals surface area (Å²) >= 11 is 0. The highest BCUT2D eigenvalue weighted by molar-refractivity contribution is 5.77. The normalized spacial score (nSPS) is 12.2. The minimum absolute atomic E-state index is 0.0842. The highest BCUT2D eigenvalue weighted by Crippen LogP contribution is 2.33. The Bertz CT molecular complexity index is 1060. The fourth-order valence-electron chi connectivity index (χ4n) is 3.53. The van der Waals surface area contributed by atoms with E-state index in [0.29, 0.717) is 11.5 Å². The van der Waals surface area contributed by atoms with Crippen LogP contribution in [0, 0.1) is 0 Å². The lowest BCUT2D eigenvalue weighted by Crippen LogP contribution is -2.08. The highest BCUT2D eigenvalue weighted by Gasteiger charge is 2.20. The number of benzene rings is 2. The van der Waals surface area contributed by atoms with E-state index in [2.05, 4.69) is 63.7 Å². The fourth-order valence-corrected chi connectivity index (χ4v) is 3.53. The van der Waals surface area contributed by atoms with Crippen LogP contribution in [0.15, 0.2) is 60.7 Å². The molecule has 148 valence electrons. The third kappa shape index (κ3) is 4.37. The lowest BCUT2D eigenvalue weighted by Gasteiger charge is -2.19. The molecule has 0 aliphatic carbocycles. The van der Waals surface area contributed by atoms with E-state index in [-0.39, 0.29) is 5.92 Å². The van der Waals surface area contributed by atoms with Gasteiger partial charge in [-0.2, -0.15) is 0 Å². The van der Waals surface area contributed by atoms with E-state index in [1.807, 2.05) is 24.3 Å². The number of nitrogens with two attached hydrogens (primary N) is 1. The van der Waals surface area contributed by atoms with Gasteiger partial charge in [0, 0.05) is 5.92 Å². The Kier molecular flexibility index (Phi) is 5.70. The molecule has 6 nitrogen and oxygen atoms in total. The van der Waals surface area contributed by atoms with Gasteiger partial charge in [0.25, 0.3) is 0 Å². The Morgan fingerprint density at radius 2 is 1.86 bits per heavy atom. The van der Waals surface area contributed by atoms with Gasteiger partial charge in [0.1, 0.15) is 17.1 Å². The molecular formula is C23H25N5O. The van der Waals surface area contributed by atoms with Crippen LogP contribution in [-0.2, 0) is 6.42 Å². The van der Waals surface area contributed by atoms with Gasteiger partial charge in [-0.25, -0.2) is 10.1 Å². The van der Waals surface area contributed by atoms with Crippen LogP contribution in [0.25, 0.3) is 11.2 Å². The number of anilines is 1. The maximum atomic E-state index is 6.07. The van der Waals surface area contributed by atoms with Crippen molar-refractivity contribution in [3.05, 3.63) is 77.4 Å². The molecule has 1 atom stereocenters. The Balaban J connectivity index is 1.66. The molecule has 4 aromatic rings. The van der Waals surface area contributed by atoms with Crippen molar-refractivity contribution in [2.45, 2.75) is 32.1 Å². The van der Waals surface area contributed by atoms with E-state index in [0.717, 1.165) is 42.7 Å². The molecule has 2 aromatic heterocycles. The number of nitrogens with one attached hydrogen (secondary N) is 1. The molecule has 1 unspecified atom stereocenters. The van der Waals surface area contributed by atoms with Crippen LogP contribution in [0.2, 0.25) is 0 Å². The quantitative estimate of drug-likeness (QED) is 0.435. The van der Waals surface area contributed by atoms with Crippen molar-refractivity contribution in [1.29, 1.82) is 0 Å². The van der Waals surface area contributed by atoms with E-state index in [1.54, 1.807) is 0 Å². The van der Waals surface area contributed by atoms with Crippen molar-refractivity contribution < 1.29 is 4.74 Å². The first-order valence-corrected chi connectivity index (χ1v) is 9.98. The number of nitrogens with zero attached hydrogens (tertiary/aromatic N) is 3. The van der Waals surface area contributed by atoms with Gasteiger partial charge in [-0.05, 0) is 47.7 Å². The average Bonchev–Trinajstić information content (AvgIpc) is 3.22. The number of aromatic nitrogens is 4. The van der Waals surface area contributed by atoms with Crippen LogP contribution in [0.1, 0.15) is 42.4 Å². The summed E-state index contributed by atoms with van der Waals surface area (Å²) in [6.07, 6.45) is 3.00. The molecule has 0 radical (unpaired) electrons. The minimum Gasteiger partial charge on any atom is -0.494 e. The van der Waals surface area contributed by atoms with Crippen LogP contribution in [0.5, 0.6) is 5.75 Å². The highest BCUT2D eigenvalue weighted by atomic mass is 16.5. The van der Waals surface area contributed by atoms with Crippen molar-refractivity contribution in [2.24, 2.45) is 0 Å². The van der Waals surface area contributed by atoms with Gasteiger partial charge < -0.3 is 10.5 Å². The number of unbranched alkanes of at least 4 members (excludes halogenated alkanes) is 1. The summed E-state index contributed by atoms with van der Waals surface area (Å²) in [6, 6.07) is 20.6. The number of pyridine rings is 1. The van der Waals surface area contributed by atoms with Gasteiger partial charge >= 0.3 is 0 Å². The number of rotatable bonds is 8. The number of aromatic amines is 1. The SMILES string of the molecule is CCCCOc1ccc(CC(c2ccccc2)c2cc(N)nc3[nH]nnc23)cc1. The van der Waals surface area contributed by atoms with Crippen LogP contribution in [-0.4, -0.2) is 27.0 Å². The monoisotopic (exact) mass is 387 g/mol. The lowest BCUT2D eigenvalue weighted by molar-refractivity contribution is 0.309. The number of hydrogen-bond acceptors (Lipinski definition) is 5. The topological polar surface area (TPSA) is 89.7 Å². The second-order valence-electron chi connectivity index (χ2n) is 7.16. The van der Waals surface area contributed by atoms with E-state index < -0.39 is 0 Å². The third-order valence-electron chi connectivity index (χ3n) is 5.06. The van der Waals surface area contributed by atoms with E-state index >= 15 is 0 Å². The summed E-state index contributed by atoms with van der Waals surface area (Å²) < 4.78 is 5.79. The zero-order valence-electron chi connectivity index (χ0n) is 16.5. The zero-order valence-corrected chi connectivity index (χ0v) is 16.5. The van der Waals surface area contributed by atoms with Crippen molar-refractivity contribution >= 4 is 17.0 Å². The molecule has 0 saturated heterocycles. The molecule has 0 aliphatic rings. The Labute approximate surface area is 170 Å². The second kappa shape index (κ2) is 8.73. The molecule has 3 N–H and O–H groups in total. The molecule has 4 rings (SSSR count). The minimum atomic E-state index is 0.0842. The zero-order chi connectivity index (χ0) is 20.1. The van der Waals surface area contributed by atoms with Gasteiger partial charge in [0.15, 0.2) is 5.65 Å². The largest absolute Gasteiger partial charge is 0.494 e. The van der Waals surface area contributed by atoms with Gasteiger partial charge in [0.2, 0.25) is 0 Å². The molecule has 0 fully saturated rings. The van der Waals surface area contributed by atoms with Crippen molar-refractivity contribution in [3.63, 3.8) is 0 Å². The van der Waals surface area contributed by atoms with Crippen molar-refractivity contribution in [1.82, 2.24) is 20.4 Å².